The molecule has 0 radical (unpaired) electrons. The maximum Gasteiger partial charge on any atom is 0.366 e. The quantitative estimate of drug-likeness (QED) is 0.836. The Hall–Kier alpha value is -1.22. The minimum absolute atomic E-state index is 0.0216. The topological polar surface area (TPSA) is 83.8 Å². The van der Waals surface area contributed by atoms with Crippen LogP contribution in [0, 0.1) is 20.8 Å². The molecule has 0 saturated carbocycles. The van der Waals surface area contributed by atoms with Gasteiger partial charge in [0, 0.05) is 0 Å². The first-order valence-corrected chi connectivity index (χ1v) is 9.80. The maximum atomic E-state index is 12.6. The minimum Gasteiger partial charge on any atom is -0.321 e. The van der Waals surface area contributed by atoms with Gasteiger partial charge in [-0.15, -0.1) is 0 Å². The van der Waals surface area contributed by atoms with Crippen molar-refractivity contribution in [1.29, 1.82) is 0 Å². The number of rotatable bonds is 4. The molecule has 2 aromatic carbocycles. The van der Waals surface area contributed by atoms with Crippen LogP contribution in [0.2, 0.25) is 0 Å². The summed E-state index contributed by atoms with van der Waals surface area (Å²) in [7, 11) is -8.84. The highest BCUT2D eigenvalue weighted by molar-refractivity contribution is 7.74. The first kappa shape index (κ1) is 17.1. The lowest BCUT2D eigenvalue weighted by atomic mass is 10.1. The van der Waals surface area contributed by atoms with E-state index in [1.165, 1.54) is 12.1 Å². The predicted octanol–water partition coefficient (Wildman–Crippen LogP) is 2.95. The first-order chi connectivity index (χ1) is 10.1. The lowest BCUT2D eigenvalue weighted by Gasteiger charge is -2.20. The first-order valence-electron chi connectivity index (χ1n) is 6.64. The highest BCUT2D eigenvalue weighted by atomic mass is 31.3. The van der Waals surface area contributed by atoms with E-state index in [2.05, 4.69) is 0 Å². The van der Waals surface area contributed by atoms with Crippen molar-refractivity contribution in [3.63, 3.8) is 0 Å². The Kier molecular flexibility index (Phi) is 4.76. The summed E-state index contributed by atoms with van der Waals surface area (Å²) in [5.41, 5.74) is 2.04. The summed E-state index contributed by atoms with van der Waals surface area (Å²) in [6.45, 7) is 5.21. The third-order valence-electron chi connectivity index (χ3n) is 3.22. The summed E-state index contributed by atoms with van der Waals surface area (Å²) in [5.74, 6) is 0. The Bertz CT molecular complexity index is 763. The van der Waals surface area contributed by atoms with Crippen molar-refractivity contribution < 1.29 is 23.2 Å². The molecular formula is C15H18O5P2. The molecule has 0 aliphatic carbocycles. The Morgan fingerprint density at radius 1 is 0.864 bits per heavy atom. The molecule has 0 aliphatic rings. The van der Waals surface area contributed by atoms with E-state index in [4.69, 9.17) is 4.31 Å². The van der Waals surface area contributed by atoms with Gasteiger partial charge < -0.3 is 9.79 Å². The van der Waals surface area contributed by atoms with E-state index in [1.807, 2.05) is 6.92 Å². The van der Waals surface area contributed by atoms with Crippen LogP contribution in [0.15, 0.2) is 42.5 Å². The molecule has 2 N–H and O–H groups in total. The van der Waals surface area contributed by atoms with Crippen molar-refractivity contribution in [2.24, 2.45) is 0 Å². The van der Waals surface area contributed by atoms with Gasteiger partial charge in [-0.25, -0.2) is 4.31 Å². The van der Waals surface area contributed by atoms with E-state index in [-0.39, 0.29) is 10.6 Å². The molecule has 0 saturated heterocycles. The molecule has 0 amide bonds. The zero-order chi connectivity index (χ0) is 16.5. The van der Waals surface area contributed by atoms with Crippen LogP contribution < -0.4 is 10.6 Å². The van der Waals surface area contributed by atoms with Gasteiger partial charge in [0.15, 0.2) is 0 Å². The van der Waals surface area contributed by atoms with Crippen molar-refractivity contribution in [3.05, 3.63) is 59.2 Å². The number of hydrogen-bond acceptors (Lipinski definition) is 3. The normalized spacial score (nSPS) is 16.8. The summed E-state index contributed by atoms with van der Waals surface area (Å²) >= 11 is 0. The fourth-order valence-corrected chi connectivity index (χ4v) is 5.95. The highest BCUT2D eigenvalue weighted by Gasteiger charge is 2.37. The van der Waals surface area contributed by atoms with Gasteiger partial charge >= 0.3 is 15.2 Å². The van der Waals surface area contributed by atoms with Crippen LogP contribution in [0.3, 0.4) is 0 Å². The van der Waals surface area contributed by atoms with Gasteiger partial charge in [0.05, 0.1) is 10.6 Å². The summed E-state index contributed by atoms with van der Waals surface area (Å²) in [5, 5.41) is 0.0509. The molecule has 5 nitrogen and oxygen atoms in total. The monoisotopic (exact) mass is 340 g/mol. The van der Waals surface area contributed by atoms with Gasteiger partial charge in [-0.05, 0) is 44.0 Å². The average molecular weight is 340 g/mol. The van der Waals surface area contributed by atoms with Crippen LogP contribution in [0.1, 0.15) is 16.7 Å². The fraction of sp³-hybridized carbons (Fsp3) is 0.200. The molecule has 2 rings (SSSR count). The molecule has 0 heterocycles. The summed E-state index contributed by atoms with van der Waals surface area (Å²) in [6, 6.07) is 11.0. The zero-order valence-corrected chi connectivity index (χ0v) is 14.3. The Morgan fingerprint density at radius 2 is 1.36 bits per heavy atom. The van der Waals surface area contributed by atoms with E-state index >= 15 is 0 Å². The van der Waals surface area contributed by atoms with Crippen LogP contribution in [0.25, 0.3) is 0 Å². The Balaban J connectivity index is 2.45. The predicted molar refractivity (Wildman–Crippen MR) is 87.1 cm³/mol. The van der Waals surface area contributed by atoms with Gasteiger partial charge in [0.25, 0.3) is 0 Å². The second-order valence-corrected chi connectivity index (χ2v) is 8.90. The van der Waals surface area contributed by atoms with Crippen molar-refractivity contribution in [3.8, 4) is 0 Å². The van der Waals surface area contributed by atoms with E-state index < -0.39 is 15.2 Å². The van der Waals surface area contributed by atoms with Gasteiger partial charge in [0.1, 0.15) is 0 Å². The third kappa shape index (κ3) is 3.57. The Labute approximate surface area is 129 Å². The minimum atomic E-state index is -4.44. The second-order valence-electron chi connectivity index (χ2n) is 5.21. The molecule has 0 spiro atoms. The van der Waals surface area contributed by atoms with Gasteiger partial charge in [0.2, 0.25) is 0 Å². The SMILES string of the molecule is Cc1cc(C)c(P(=O)(O)OP(=O)(O)c2ccccc2)c(C)c1. The summed E-state index contributed by atoms with van der Waals surface area (Å²) in [4.78, 5) is 20.3. The van der Waals surface area contributed by atoms with E-state index in [9.17, 15) is 18.9 Å². The average Bonchev–Trinajstić information content (AvgIpc) is 2.36. The molecule has 2 unspecified atom stereocenters. The molecule has 0 aromatic heterocycles. The van der Waals surface area contributed by atoms with Crippen LogP contribution >= 0.6 is 15.2 Å². The van der Waals surface area contributed by atoms with Crippen molar-refractivity contribution in [1.82, 2.24) is 0 Å². The molecule has 7 heteroatoms. The second kappa shape index (κ2) is 6.11. The lowest BCUT2D eigenvalue weighted by molar-refractivity contribution is 0.349. The van der Waals surface area contributed by atoms with Crippen LogP contribution in [0.5, 0.6) is 0 Å². The molecule has 0 bridgehead atoms. The lowest BCUT2D eigenvalue weighted by Crippen LogP contribution is -2.16. The van der Waals surface area contributed by atoms with E-state index in [1.54, 1.807) is 44.2 Å². The van der Waals surface area contributed by atoms with Crippen LogP contribution in [-0.2, 0) is 13.4 Å². The smallest absolute Gasteiger partial charge is 0.321 e. The third-order valence-corrected chi connectivity index (χ3v) is 7.21. The highest BCUT2D eigenvalue weighted by Crippen LogP contribution is 2.58. The van der Waals surface area contributed by atoms with Crippen molar-refractivity contribution >= 4 is 25.8 Å². The van der Waals surface area contributed by atoms with E-state index in [0.717, 1.165) is 5.56 Å². The molecule has 22 heavy (non-hydrogen) atoms. The number of benzene rings is 2. The molecule has 2 aromatic rings. The Morgan fingerprint density at radius 3 is 1.86 bits per heavy atom. The number of aryl methyl sites for hydroxylation is 3. The van der Waals surface area contributed by atoms with Gasteiger partial charge in [-0.2, -0.15) is 0 Å². The maximum absolute atomic E-state index is 12.6. The van der Waals surface area contributed by atoms with Gasteiger partial charge in [-0.1, -0.05) is 35.9 Å². The largest absolute Gasteiger partial charge is 0.366 e. The number of hydrogen-bond donors (Lipinski definition) is 2. The van der Waals surface area contributed by atoms with E-state index in [0.29, 0.717) is 11.1 Å². The van der Waals surface area contributed by atoms with Crippen LogP contribution in [0.4, 0.5) is 0 Å². The fourth-order valence-electron chi connectivity index (χ4n) is 2.47. The summed E-state index contributed by atoms with van der Waals surface area (Å²) in [6.07, 6.45) is 0. The molecule has 118 valence electrons. The van der Waals surface area contributed by atoms with Gasteiger partial charge in [-0.3, -0.25) is 9.13 Å². The molecule has 2 atom stereocenters. The van der Waals surface area contributed by atoms with Crippen molar-refractivity contribution in [2.75, 3.05) is 0 Å². The zero-order valence-electron chi connectivity index (χ0n) is 12.6. The molecule has 0 fully saturated rings. The summed E-state index contributed by atoms with van der Waals surface area (Å²) < 4.78 is 29.7. The molecular weight excluding hydrogens is 322 g/mol. The van der Waals surface area contributed by atoms with Crippen LogP contribution in [-0.4, -0.2) is 9.79 Å². The standard InChI is InChI=1S/C15H18O5P2/c1-11-9-12(2)15(13(3)10-11)22(18,19)20-21(16,17)14-7-5-4-6-8-14/h4-10H,1-3H3,(H,16,17)(H,18,19). The van der Waals surface area contributed by atoms with Crippen molar-refractivity contribution in [2.45, 2.75) is 20.8 Å². The molecule has 0 aliphatic heterocycles.